The standard InChI is InChI=1S/C16H16ClF2NS/c1-20-14(9-11-8-13(19)4-7-16(11)17)10-21-15-5-2-12(18)3-6-15/h2-8,14,20H,9-10H2,1H3. The second-order valence-corrected chi connectivity index (χ2v) is 6.19. The summed E-state index contributed by atoms with van der Waals surface area (Å²) in [4.78, 5) is 1.00. The third-order valence-corrected chi connectivity index (χ3v) is 4.69. The van der Waals surface area contributed by atoms with Gasteiger partial charge >= 0.3 is 0 Å². The van der Waals surface area contributed by atoms with Crippen LogP contribution < -0.4 is 5.32 Å². The molecule has 0 aliphatic carbocycles. The first-order chi connectivity index (χ1) is 10.1. The number of likely N-dealkylation sites (N-methyl/N-ethyl adjacent to an activating group) is 1. The number of rotatable bonds is 6. The molecule has 0 saturated carbocycles. The van der Waals surface area contributed by atoms with E-state index < -0.39 is 0 Å². The van der Waals surface area contributed by atoms with Crippen LogP contribution in [-0.4, -0.2) is 18.8 Å². The summed E-state index contributed by atoms with van der Waals surface area (Å²) in [7, 11) is 1.86. The lowest BCUT2D eigenvalue weighted by molar-refractivity contribution is 0.602. The van der Waals surface area contributed by atoms with Gasteiger partial charge in [-0.05, 0) is 61.5 Å². The Bertz CT molecular complexity index is 589. The summed E-state index contributed by atoms with van der Waals surface area (Å²) in [5.41, 5.74) is 0.788. The number of halogens is 3. The molecule has 0 fully saturated rings. The highest BCUT2D eigenvalue weighted by Crippen LogP contribution is 2.23. The van der Waals surface area contributed by atoms with Gasteiger partial charge in [0, 0.05) is 21.7 Å². The number of hydrogen-bond acceptors (Lipinski definition) is 2. The van der Waals surface area contributed by atoms with Crippen LogP contribution in [0.4, 0.5) is 8.78 Å². The van der Waals surface area contributed by atoms with Crippen molar-refractivity contribution in [2.24, 2.45) is 0 Å². The van der Waals surface area contributed by atoms with E-state index in [1.807, 2.05) is 7.05 Å². The minimum absolute atomic E-state index is 0.152. The van der Waals surface area contributed by atoms with Crippen molar-refractivity contribution in [2.75, 3.05) is 12.8 Å². The van der Waals surface area contributed by atoms with Gasteiger partial charge < -0.3 is 5.32 Å². The molecule has 0 radical (unpaired) electrons. The second-order valence-electron chi connectivity index (χ2n) is 4.69. The van der Waals surface area contributed by atoms with Gasteiger partial charge in [0.05, 0.1) is 0 Å². The first kappa shape index (κ1) is 16.3. The smallest absolute Gasteiger partial charge is 0.123 e. The molecule has 0 aromatic heterocycles. The summed E-state index contributed by atoms with van der Waals surface area (Å²) in [5, 5.41) is 3.78. The third kappa shape index (κ3) is 4.99. The SMILES string of the molecule is CNC(CSc1ccc(F)cc1)Cc1cc(F)ccc1Cl. The first-order valence-electron chi connectivity index (χ1n) is 6.58. The van der Waals surface area contributed by atoms with Gasteiger partial charge in [-0.25, -0.2) is 8.78 Å². The van der Waals surface area contributed by atoms with Crippen molar-refractivity contribution < 1.29 is 8.78 Å². The molecule has 0 aliphatic heterocycles. The fourth-order valence-electron chi connectivity index (χ4n) is 1.94. The molecule has 0 saturated heterocycles. The molecule has 2 aromatic rings. The number of thioether (sulfide) groups is 1. The highest BCUT2D eigenvalue weighted by Gasteiger charge is 2.11. The molecule has 112 valence electrons. The van der Waals surface area contributed by atoms with Crippen molar-refractivity contribution in [3.05, 3.63) is 64.7 Å². The summed E-state index contributed by atoms with van der Waals surface area (Å²) < 4.78 is 26.1. The molecule has 2 aromatic carbocycles. The number of benzene rings is 2. The Balaban J connectivity index is 1.96. The van der Waals surface area contributed by atoms with Crippen molar-refractivity contribution in [3.63, 3.8) is 0 Å². The topological polar surface area (TPSA) is 12.0 Å². The van der Waals surface area contributed by atoms with E-state index in [0.717, 1.165) is 16.2 Å². The Hall–Kier alpha value is -1.10. The molecule has 1 N–H and O–H groups in total. The Kier molecular flexibility index (Phi) is 6.03. The van der Waals surface area contributed by atoms with E-state index in [0.29, 0.717) is 11.4 Å². The molecule has 0 aliphatic rings. The van der Waals surface area contributed by atoms with E-state index in [9.17, 15) is 8.78 Å². The molecule has 5 heteroatoms. The largest absolute Gasteiger partial charge is 0.316 e. The highest BCUT2D eigenvalue weighted by molar-refractivity contribution is 7.99. The van der Waals surface area contributed by atoms with Gasteiger partial charge in [0.2, 0.25) is 0 Å². The zero-order valence-corrected chi connectivity index (χ0v) is 13.1. The Morgan fingerprint density at radius 2 is 1.76 bits per heavy atom. The monoisotopic (exact) mass is 327 g/mol. The van der Waals surface area contributed by atoms with Gasteiger partial charge in [0.15, 0.2) is 0 Å². The Morgan fingerprint density at radius 3 is 2.43 bits per heavy atom. The van der Waals surface area contributed by atoms with E-state index >= 15 is 0 Å². The average Bonchev–Trinajstić information content (AvgIpc) is 2.48. The minimum Gasteiger partial charge on any atom is -0.316 e. The average molecular weight is 328 g/mol. The molecule has 2 rings (SSSR count). The van der Waals surface area contributed by atoms with Crippen LogP contribution in [0.5, 0.6) is 0 Å². The van der Waals surface area contributed by atoms with Gasteiger partial charge in [0.1, 0.15) is 11.6 Å². The normalized spacial score (nSPS) is 12.4. The van der Waals surface area contributed by atoms with Crippen molar-refractivity contribution in [1.29, 1.82) is 0 Å². The van der Waals surface area contributed by atoms with Crippen molar-refractivity contribution in [2.45, 2.75) is 17.4 Å². The summed E-state index contributed by atoms with van der Waals surface area (Å²) in [6.07, 6.45) is 0.640. The molecule has 0 amide bonds. The minimum atomic E-state index is -0.282. The van der Waals surface area contributed by atoms with E-state index in [4.69, 9.17) is 11.6 Å². The molecule has 0 bridgehead atoms. The van der Waals surface area contributed by atoms with Gasteiger partial charge in [-0.3, -0.25) is 0 Å². The van der Waals surface area contributed by atoms with Gasteiger partial charge in [-0.2, -0.15) is 0 Å². The van der Waals surface area contributed by atoms with E-state index in [1.165, 1.54) is 24.3 Å². The van der Waals surface area contributed by atoms with Crippen LogP contribution >= 0.6 is 23.4 Å². The van der Waals surface area contributed by atoms with Crippen LogP contribution in [0.15, 0.2) is 47.4 Å². The fraction of sp³-hybridized carbons (Fsp3) is 0.250. The highest BCUT2D eigenvalue weighted by atomic mass is 35.5. The lowest BCUT2D eigenvalue weighted by Crippen LogP contribution is -2.30. The molecule has 1 atom stereocenters. The van der Waals surface area contributed by atoms with Gasteiger partial charge in [0.25, 0.3) is 0 Å². The summed E-state index contributed by atoms with van der Waals surface area (Å²) in [6, 6.07) is 10.9. The molecule has 1 unspecified atom stereocenters. The molecule has 21 heavy (non-hydrogen) atoms. The summed E-state index contributed by atoms with van der Waals surface area (Å²) >= 11 is 7.71. The van der Waals surface area contributed by atoms with Crippen LogP contribution in [-0.2, 0) is 6.42 Å². The van der Waals surface area contributed by atoms with Crippen LogP contribution in [0, 0.1) is 11.6 Å². The lowest BCUT2D eigenvalue weighted by atomic mass is 10.1. The molecule has 1 nitrogen and oxygen atoms in total. The van der Waals surface area contributed by atoms with Crippen LogP contribution in [0.25, 0.3) is 0 Å². The van der Waals surface area contributed by atoms with E-state index in [1.54, 1.807) is 30.0 Å². The third-order valence-electron chi connectivity index (χ3n) is 3.15. The second kappa shape index (κ2) is 7.78. The zero-order valence-electron chi connectivity index (χ0n) is 11.6. The molecule has 0 heterocycles. The van der Waals surface area contributed by atoms with Crippen molar-refractivity contribution in [1.82, 2.24) is 5.32 Å². The lowest BCUT2D eigenvalue weighted by Gasteiger charge is -2.16. The summed E-state index contributed by atoms with van der Waals surface area (Å²) in [5.74, 6) is 0.265. The Morgan fingerprint density at radius 1 is 1.10 bits per heavy atom. The number of nitrogens with one attached hydrogen (secondary N) is 1. The maximum Gasteiger partial charge on any atom is 0.123 e. The molecule has 0 spiro atoms. The zero-order chi connectivity index (χ0) is 15.2. The fourth-order valence-corrected chi connectivity index (χ4v) is 3.14. The quantitative estimate of drug-likeness (QED) is 0.782. The van der Waals surface area contributed by atoms with E-state index in [-0.39, 0.29) is 17.7 Å². The maximum atomic E-state index is 13.3. The van der Waals surface area contributed by atoms with Gasteiger partial charge in [-0.15, -0.1) is 11.8 Å². The Labute approximate surface area is 132 Å². The van der Waals surface area contributed by atoms with Crippen LogP contribution in [0.3, 0.4) is 0 Å². The first-order valence-corrected chi connectivity index (χ1v) is 7.94. The predicted molar refractivity (Wildman–Crippen MR) is 85.1 cm³/mol. The van der Waals surface area contributed by atoms with Gasteiger partial charge in [-0.1, -0.05) is 11.6 Å². The van der Waals surface area contributed by atoms with Crippen molar-refractivity contribution >= 4 is 23.4 Å². The molecular formula is C16H16ClF2NS. The maximum absolute atomic E-state index is 13.3. The molecular weight excluding hydrogens is 312 g/mol. The summed E-state index contributed by atoms with van der Waals surface area (Å²) in [6.45, 7) is 0. The van der Waals surface area contributed by atoms with Crippen LogP contribution in [0.2, 0.25) is 5.02 Å². The van der Waals surface area contributed by atoms with Crippen molar-refractivity contribution in [3.8, 4) is 0 Å². The van der Waals surface area contributed by atoms with Crippen LogP contribution in [0.1, 0.15) is 5.56 Å². The number of hydrogen-bond donors (Lipinski definition) is 1. The predicted octanol–water partition coefficient (Wildman–Crippen LogP) is 4.54. The van der Waals surface area contributed by atoms with E-state index in [2.05, 4.69) is 5.32 Å².